The first-order chi connectivity index (χ1) is 14.1. The number of hydrogen-bond donors (Lipinski definition) is 1. The summed E-state index contributed by atoms with van der Waals surface area (Å²) in [4.78, 5) is 27.6. The summed E-state index contributed by atoms with van der Waals surface area (Å²) in [5.74, 6) is 0.0240. The molecule has 162 valence electrons. The van der Waals surface area contributed by atoms with Gasteiger partial charge < -0.3 is 10.2 Å². The predicted molar refractivity (Wildman–Crippen MR) is 124 cm³/mol. The second kappa shape index (κ2) is 10.8. The highest BCUT2D eigenvalue weighted by molar-refractivity contribution is 6.35. The fraction of sp³-hybridized carbons (Fsp3) is 0.417. The number of nitrogens with one attached hydrogen (secondary N) is 1. The first kappa shape index (κ1) is 24.2. The zero-order valence-corrected chi connectivity index (χ0v) is 19.8. The van der Waals surface area contributed by atoms with Gasteiger partial charge in [-0.05, 0) is 55.5 Å². The van der Waals surface area contributed by atoms with E-state index in [2.05, 4.69) is 5.32 Å². The van der Waals surface area contributed by atoms with Gasteiger partial charge in [-0.15, -0.1) is 0 Å². The normalized spacial score (nSPS) is 12.0. The van der Waals surface area contributed by atoms with E-state index in [1.54, 1.807) is 30.0 Å². The second-order valence-corrected chi connectivity index (χ2v) is 9.02. The zero-order chi connectivity index (χ0) is 22.4. The summed E-state index contributed by atoms with van der Waals surface area (Å²) in [6, 6.07) is 10.6. The molecule has 30 heavy (non-hydrogen) atoms. The number of benzene rings is 2. The van der Waals surface area contributed by atoms with E-state index in [-0.39, 0.29) is 24.8 Å². The van der Waals surface area contributed by atoms with E-state index in [0.717, 1.165) is 22.3 Å². The SMILES string of the molecule is Cc1ccc(C)c(CC(=O)N(Cc2ccc(Cl)cc2Cl)[C@@H](C)C(=O)NCC(C)C)c1. The molecule has 2 rings (SSSR count). The highest BCUT2D eigenvalue weighted by Gasteiger charge is 2.27. The average Bonchev–Trinajstić information content (AvgIpc) is 2.67. The Balaban J connectivity index is 2.30. The van der Waals surface area contributed by atoms with Gasteiger partial charge in [0.05, 0.1) is 6.42 Å². The topological polar surface area (TPSA) is 49.4 Å². The molecule has 2 amide bonds. The van der Waals surface area contributed by atoms with Crippen molar-refractivity contribution in [2.45, 2.75) is 53.6 Å². The summed E-state index contributed by atoms with van der Waals surface area (Å²) in [7, 11) is 0. The molecular weight excluding hydrogens is 419 g/mol. The molecule has 0 aliphatic rings. The summed E-state index contributed by atoms with van der Waals surface area (Å²) in [5.41, 5.74) is 3.86. The van der Waals surface area contributed by atoms with Crippen molar-refractivity contribution in [1.82, 2.24) is 10.2 Å². The van der Waals surface area contributed by atoms with Gasteiger partial charge >= 0.3 is 0 Å². The maximum Gasteiger partial charge on any atom is 0.242 e. The van der Waals surface area contributed by atoms with Gasteiger partial charge in [0, 0.05) is 23.1 Å². The van der Waals surface area contributed by atoms with Crippen LogP contribution in [0.4, 0.5) is 0 Å². The minimum Gasteiger partial charge on any atom is -0.354 e. The Morgan fingerprint density at radius 1 is 1.00 bits per heavy atom. The van der Waals surface area contributed by atoms with E-state index >= 15 is 0 Å². The third-order valence-electron chi connectivity index (χ3n) is 5.05. The molecule has 0 saturated heterocycles. The van der Waals surface area contributed by atoms with Gasteiger partial charge in [0.2, 0.25) is 11.8 Å². The first-order valence-electron chi connectivity index (χ1n) is 10.2. The maximum absolute atomic E-state index is 13.3. The molecule has 4 nitrogen and oxygen atoms in total. The van der Waals surface area contributed by atoms with Crippen molar-refractivity contribution < 1.29 is 9.59 Å². The molecule has 1 atom stereocenters. The van der Waals surface area contributed by atoms with Gasteiger partial charge in [0.15, 0.2) is 0 Å². The average molecular weight is 449 g/mol. The van der Waals surface area contributed by atoms with Crippen LogP contribution in [0.25, 0.3) is 0 Å². The van der Waals surface area contributed by atoms with Crippen molar-refractivity contribution >= 4 is 35.0 Å². The molecule has 0 aliphatic heterocycles. The van der Waals surface area contributed by atoms with Crippen LogP contribution in [0.2, 0.25) is 10.0 Å². The Hall–Kier alpha value is -2.04. The molecule has 6 heteroatoms. The molecule has 2 aromatic rings. The molecular formula is C24H30Cl2N2O2. The van der Waals surface area contributed by atoms with Crippen molar-refractivity contribution in [3.63, 3.8) is 0 Å². The van der Waals surface area contributed by atoms with Gasteiger partial charge in [-0.2, -0.15) is 0 Å². The standard InChI is InChI=1S/C24H30Cl2N2O2/c1-15(2)13-27-24(30)18(5)28(14-19-8-9-21(25)12-22(19)26)23(29)11-20-10-16(3)6-7-17(20)4/h6-10,12,15,18H,11,13-14H2,1-5H3,(H,27,30)/t18-/m0/s1. The van der Waals surface area contributed by atoms with Gasteiger partial charge in [-0.1, -0.05) is 66.9 Å². The quantitative estimate of drug-likeness (QED) is 0.591. The van der Waals surface area contributed by atoms with Crippen LogP contribution in [-0.4, -0.2) is 29.3 Å². The summed E-state index contributed by atoms with van der Waals surface area (Å²) in [6.07, 6.45) is 0.223. The lowest BCUT2D eigenvalue weighted by Crippen LogP contribution is -2.48. The highest BCUT2D eigenvalue weighted by Crippen LogP contribution is 2.24. The summed E-state index contributed by atoms with van der Waals surface area (Å²) >= 11 is 12.4. The molecule has 0 fully saturated rings. The van der Waals surface area contributed by atoms with Crippen LogP contribution in [0.3, 0.4) is 0 Å². The smallest absolute Gasteiger partial charge is 0.242 e. The molecule has 1 N–H and O–H groups in total. The van der Waals surface area contributed by atoms with E-state index in [1.807, 2.05) is 45.9 Å². The number of amides is 2. The van der Waals surface area contributed by atoms with E-state index in [4.69, 9.17) is 23.2 Å². The summed E-state index contributed by atoms with van der Waals surface area (Å²) in [6.45, 7) is 10.6. The molecule has 2 aromatic carbocycles. The van der Waals surface area contributed by atoms with Crippen molar-refractivity contribution in [1.29, 1.82) is 0 Å². The number of carbonyl (C=O) groups excluding carboxylic acids is 2. The fourth-order valence-corrected chi connectivity index (χ4v) is 3.59. The minimum absolute atomic E-state index is 0.123. The number of aryl methyl sites for hydroxylation is 2. The van der Waals surface area contributed by atoms with Gasteiger partial charge in [0.25, 0.3) is 0 Å². The molecule has 0 bridgehead atoms. The Morgan fingerprint density at radius 3 is 2.33 bits per heavy atom. The van der Waals surface area contributed by atoms with Crippen molar-refractivity contribution in [3.05, 3.63) is 68.7 Å². The summed E-state index contributed by atoms with van der Waals surface area (Å²) < 4.78 is 0. The van der Waals surface area contributed by atoms with Gasteiger partial charge in [0.1, 0.15) is 6.04 Å². The third-order valence-corrected chi connectivity index (χ3v) is 5.64. The zero-order valence-electron chi connectivity index (χ0n) is 18.3. The predicted octanol–water partition coefficient (Wildman–Crippen LogP) is 5.34. The van der Waals surface area contributed by atoms with Crippen LogP contribution in [0, 0.1) is 19.8 Å². The van der Waals surface area contributed by atoms with E-state index in [9.17, 15) is 9.59 Å². The maximum atomic E-state index is 13.3. The Labute approximate surface area is 189 Å². The summed E-state index contributed by atoms with van der Waals surface area (Å²) in [5, 5.41) is 3.93. The molecule has 0 unspecified atom stereocenters. The molecule has 0 saturated carbocycles. The van der Waals surface area contributed by atoms with Crippen LogP contribution in [0.15, 0.2) is 36.4 Å². The second-order valence-electron chi connectivity index (χ2n) is 8.18. The number of rotatable bonds is 8. The Kier molecular flexibility index (Phi) is 8.75. The van der Waals surface area contributed by atoms with Crippen molar-refractivity contribution in [3.8, 4) is 0 Å². The third kappa shape index (κ3) is 6.75. The van der Waals surface area contributed by atoms with Crippen molar-refractivity contribution in [2.75, 3.05) is 6.54 Å². The van der Waals surface area contributed by atoms with Crippen LogP contribution < -0.4 is 5.32 Å². The van der Waals surface area contributed by atoms with Crippen LogP contribution in [-0.2, 0) is 22.6 Å². The first-order valence-corrected chi connectivity index (χ1v) is 10.9. The number of halogens is 2. The Bertz CT molecular complexity index is 912. The molecule has 0 spiro atoms. The fourth-order valence-electron chi connectivity index (χ4n) is 3.12. The molecule has 0 aliphatic carbocycles. The number of carbonyl (C=O) groups is 2. The lowest BCUT2D eigenvalue weighted by Gasteiger charge is -2.29. The van der Waals surface area contributed by atoms with Crippen molar-refractivity contribution in [2.24, 2.45) is 5.92 Å². The Morgan fingerprint density at radius 2 is 1.70 bits per heavy atom. The molecule has 0 heterocycles. The van der Waals surface area contributed by atoms with Gasteiger partial charge in [-0.3, -0.25) is 9.59 Å². The minimum atomic E-state index is -0.631. The van der Waals surface area contributed by atoms with Gasteiger partial charge in [-0.25, -0.2) is 0 Å². The molecule has 0 aromatic heterocycles. The largest absolute Gasteiger partial charge is 0.354 e. The molecule has 0 radical (unpaired) electrons. The lowest BCUT2D eigenvalue weighted by atomic mass is 10.0. The lowest BCUT2D eigenvalue weighted by molar-refractivity contribution is -0.140. The van der Waals surface area contributed by atoms with E-state index in [0.29, 0.717) is 22.5 Å². The number of nitrogens with zero attached hydrogens (tertiary/aromatic N) is 1. The monoisotopic (exact) mass is 448 g/mol. The van der Waals surface area contributed by atoms with Crippen LogP contribution in [0.1, 0.15) is 43.0 Å². The van der Waals surface area contributed by atoms with Crippen LogP contribution in [0.5, 0.6) is 0 Å². The number of hydrogen-bond acceptors (Lipinski definition) is 2. The van der Waals surface area contributed by atoms with E-state index < -0.39 is 6.04 Å². The highest BCUT2D eigenvalue weighted by atomic mass is 35.5. The van der Waals surface area contributed by atoms with Crippen LogP contribution >= 0.6 is 23.2 Å². The van der Waals surface area contributed by atoms with E-state index in [1.165, 1.54) is 0 Å².